The van der Waals surface area contributed by atoms with Gasteiger partial charge in [0.2, 0.25) is 5.14 Å². The van der Waals surface area contributed by atoms with Gasteiger partial charge in [-0.05, 0) is 0 Å². The van der Waals surface area contributed by atoms with E-state index < -0.39 is 0 Å². The number of methoxy groups -OCH3 is 1. The highest BCUT2D eigenvalue weighted by Gasteiger charge is 2.30. The van der Waals surface area contributed by atoms with Crippen molar-refractivity contribution in [1.29, 1.82) is 0 Å². The van der Waals surface area contributed by atoms with Crippen molar-refractivity contribution in [2.75, 3.05) is 7.11 Å². The molecule has 1 aliphatic rings. The zero-order chi connectivity index (χ0) is 9.84. The molecule has 0 aliphatic heterocycles. The van der Waals surface area contributed by atoms with Crippen LogP contribution in [0.2, 0.25) is 0 Å². The van der Waals surface area contributed by atoms with Gasteiger partial charge in [-0.2, -0.15) is 22.4 Å². The van der Waals surface area contributed by atoms with Crippen molar-refractivity contribution in [2.45, 2.75) is 5.38 Å². The Morgan fingerprint density at radius 3 is 3.00 bits per heavy atom. The lowest BCUT2D eigenvalue weighted by Gasteiger charge is -2.21. The van der Waals surface area contributed by atoms with Crippen LogP contribution in [0.3, 0.4) is 0 Å². The summed E-state index contributed by atoms with van der Waals surface area (Å²) < 4.78 is 4.67. The van der Waals surface area contributed by atoms with E-state index in [1.807, 2.05) is 17.3 Å². The number of hydrogen-bond donors (Lipinski definition) is 0. The van der Waals surface area contributed by atoms with E-state index in [-0.39, 0.29) is 17.3 Å². The fourth-order valence-electron chi connectivity index (χ4n) is 1.17. The normalized spacial score (nSPS) is 26.5. The molecule has 5 heteroatoms. The SMILES string of the molecule is COC(=O)C1C([B]I)=CC=CC1Cl. The van der Waals surface area contributed by atoms with E-state index in [0.29, 0.717) is 0 Å². The third-order valence-corrected chi connectivity index (χ3v) is 2.96. The summed E-state index contributed by atoms with van der Waals surface area (Å²) in [5, 5.41) is 1.54. The molecule has 0 saturated heterocycles. The van der Waals surface area contributed by atoms with Crippen molar-refractivity contribution in [3.05, 3.63) is 23.7 Å². The van der Waals surface area contributed by atoms with Crippen LogP contribution < -0.4 is 0 Å². The quantitative estimate of drug-likeness (QED) is 0.337. The average molecular weight is 309 g/mol. The first kappa shape index (κ1) is 11.1. The Kier molecular flexibility index (Phi) is 4.32. The molecule has 0 heterocycles. The maximum absolute atomic E-state index is 11.3. The number of allylic oxidation sites excluding steroid dienone is 3. The van der Waals surface area contributed by atoms with Crippen LogP contribution in [0.5, 0.6) is 0 Å². The molecule has 0 aromatic rings. The van der Waals surface area contributed by atoms with E-state index >= 15 is 0 Å². The Morgan fingerprint density at radius 1 is 1.77 bits per heavy atom. The van der Waals surface area contributed by atoms with Crippen LogP contribution in [0.1, 0.15) is 0 Å². The maximum atomic E-state index is 11.3. The fourth-order valence-corrected chi connectivity index (χ4v) is 2.10. The Bertz CT molecular complexity index is 265. The summed E-state index contributed by atoms with van der Waals surface area (Å²) in [5.41, 5.74) is 0.898. The number of halogens is 2. The lowest BCUT2D eigenvalue weighted by Crippen LogP contribution is -2.29. The molecule has 0 fully saturated rings. The molecule has 0 aromatic carbocycles. The molecule has 0 spiro atoms. The monoisotopic (exact) mass is 309 g/mol. The molecular weight excluding hydrogens is 301 g/mol. The largest absolute Gasteiger partial charge is 0.469 e. The Labute approximate surface area is 96.5 Å². The van der Waals surface area contributed by atoms with Crippen LogP contribution in [0.25, 0.3) is 0 Å². The van der Waals surface area contributed by atoms with Gasteiger partial charge in [0, 0.05) is 0 Å². The molecule has 0 N–H and O–H groups in total. The number of carbonyl (C=O) groups is 1. The molecule has 0 amide bonds. The number of rotatable bonds is 2. The van der Waals surface area contributed by atoms with E-state index in [0.717, 1.165) is 5.47 Å². The second-order valence-corrected chi connectivity index (χ2v) is 3.73. The average Bonchev–Trinajstić information content (AvgIpc) is 2.16. The van der Waals surface area contributed by atoms with Gasteiger partial charge in [0.05, 0.1) is 18.4 Å². The molecule has 0 aromatic heterocycles. The molecule has 2 unspecified atom stereocenters. The minimum Gasteiger partial charge on any atom is -0.469 e. The highest BCUT2D eigenvalue weighted by Crippen LogP contribution is 2.26. The molecular formula is C8H8BClIO2. The summed E-state index contributed by atoms with van der Waals surface area (Å²) in [7, 11) is 1.37. The number of alkyl halides is 1. The van der Waals surface area contributed by atoms with Gasteiger partial charge in [-0.3, -0.25) is 4.79 Å². The van der Waals surface area contributed by atoms with Gasteiger partial charge >= 0.3 is 5.97 Å². The first-order valence-corrected chi connectivity index (χ1v) is 5.42. The first-order chi connectivity index (χ1) is 6.20. The Hall–Kier alpha value is 0.0349. The topological polar surface area (TPSA) is 26.3 Å². The van der Waals surface area contributed by atoms with Crippen molar-refractivity contribution in [3.63, 3.8) is 0 Å². The fraction of sp³-hybridized carbons (Fsp3) is 0.375. The molecule has 1 rings (SSSR count). The lowest BCUT2D eigenvalue weighted by atomic mass is 9.78. The Balaban J connectivity index is 2.86. The van der Waals surface area contributed by atoms with Gasteiger partial charge in [-0.15, -0.1) is 11.6 Å². The number of ether oxygens (including phenoxy) is 1. The van der Waals surface area contributed by atoms with Crippen molar-refractivity contribution in [3.8, 4) is 0 Å². The predicted octanol–water partition coefficient (Wildman–Crippen LogP) is 1.89. The number of esters is 1. The van der Waals surface area contributed by atoms with E-state index in [1.165, 1.54) is 7.11 Å². The highest BCUT2D eigenvalue weighted by molar-refractivity contribution is 14.1. The van der Waals surface area contributed by atoms with Crippen LogP contribution in [-0.2, 0) is 9.53 Å². The summed E-state index contributed by atoms with van der Waals surface area (Å²) in [6.45, 7) is 0. The van der Waals surface area contributed by atoms with E-state index in [4.69, 9.17) is 11.6 Å². The van der Waals surface area contributed by atoms with Gasteiger partial charge in [0.25, 0.3) is 0 Å². The first-order valence-electron chi connectivity index (χ1n) is 3.74. The molecule has 13 heavy (non-hydrogen) atoms. The summed E-state index contributed by atoms with van der Waals surface area (Å²) in [4.78, 5) is 11.3. The second kappa shape index (κ2) is 5.05. The molecule has 1 aliphatic carbocycles. The standard InChI is InChI=1S/C8H8BClIO2/c1-13-8(12)7-5(9-11)3-2-4-6(7)10/h2-4,6-7H,1H3. The van der Waals surface area contributed by atoms with Gasteiger partial charge in [0.1, 0.15) is 0 Å². The number of carbonyl (C=O) groups excluding carboxylic acids is 1. The summed E-state index contributed by atoms with van der Waals surface area (Å²) in [6, 6.07) is 0. The molecule has 2 nitrogen and oxygen atoms in total. The van der Waals surface area contributed by atoms with Gasteiger partial charge in [0.15, 0.2) is 0 Å². The third kappa shape index (κ3) is 2.50. The van der Waals surface area contributed by atoms with Crippen LogP contribution in [0.4, 0.5) is 0 Å². The minimum atomic E-state index is -0.367. The van der Waals surface area contributed by atoms with Gasteiger partial charge in [-0.25, -0.2) is 0 Å². The van der Waals surface area contributed by atoms with E-state index in [9.17, 15) is 4.79 Å². The van der Waals surface area contributed by atoms with Crippen molar-refractivity contribution in [2.24, 2.45) is 5.92 Å². The van der Waals surface area contributed by atoms with Crippen molar-refractivity contribution >= 4 is 45.1 Å². The summed E-state index contributed by atoms with van der Waals surface area (Å²) in [5.74, 6) is -0.655. The Morgan fingerprint density at radius 2 is 2.46 bits per heavy atom. The summed E-state index contributed by atoms with van der Waals surface area (Å²) in [6.07, 6.45) is 5.50. The maximum Gasteiger partial charge on any atom is 0.313 e. The van der Waals surface area contributed by atoms with Crippen LogP contribution in [0.15, 0.2) is 23.7 Å². The van der Waals surface area contributed by atoms with E-state index in [2.05, 4.69) is 27.1 Å². The van der Waals surface area contributed by atoms with Crippen LogP contribution >= 0.6 is 34.0 Å². The van der Waals surface area contributed by atoms with Gasteiger partial charge in [-0.1, -0.05) is 23.7 Å². The van der Waals surface area contributed by atoms with Crippen molar-refractivity contribution in [1.82, 2.24) is 0 Å². The summed E-state index contributed by atoms with van der Waals surface area (Å²) >= 11 is 8.07. The minimum absolute atomic E-state index is 0.288. The molecule has 0 saturated carbocycles. The lowest BCUT2D eigenvalue weighted by molar-refractivity contribution is -0.143. The zero-order valence-electron chi connectivity index (χ0n) is 7.04. The number of hydrogen-bond acceptors (Lipinski definition) is 2. The molecule has 0 bridgehead atoms. The van der Waals surface area contributed by atoms with Crippen LogP contribution in [-0.4, -0.2) is 23.6 Å². The second-order valence-electron chi connectivity index (χ2n) is 2.61. The smallest absolute Gasteiger partial charge is 0.313 e. The van der Waals surface area contributed by atoms with Crippen molar-refractivity contribution < 1.29 is 9.53 Å². The van der Waals surface area contributed by atoms with Gasteiger partial charge < -0.3 is 4.74 Å². The van der Waals surface area contributed by atoms with Crippen LogP contribution in [0, 0.1) is 5.92 Å². The predicted molar refractivity (Wildman–Crippen MR) is 62.1 cm³/mol. The molecule has 2 atom stereocenters. The molecule has 1 radical (unpaired) electrons. The molecule has 69 valence electrons. The third-order valence-electron chi connectivity index (χ3n) is 1.84. The highest BCUT2D eigenvalue weighted by atomic mass is 127. The zero-order valence-corrected chi connectivity index (χ0v) is 9.95. The van der Waals surface area contributed by atoms with E-state index in [1.54, 1.807) is 6.08 Å².